The molecular formula is C16H15ClO2. The summed E-state index contributed by atoms with van der Waals surface area (Å²) in [5.74, 6) is 0.915. The third-order valence-corrected chi connectivity index (χ3v) is 3.98. The number of fused-ring (bicyclic) bond motifs is 1. The normalized spacial score (nSPS) is 16.6. The van der Waals surface area contributed by atoms with Crippen molar-refractivity contribution in [3.8, 4) is 5.75 Å². The Balaban J connectivity index is 2.07. The Bertz CT molecular complexity index is 620. The van der Waals surface area contributed by atoms with Crippen LogP contribution in [0, 0.1) is 0 Å². The summed E-state index contributed by atoms with van der Waals surface area (Å²) in [4.78, 5) is 0. The highest BCUT2D eigenvalue weighted by Crippen LogP contribution is 2.36. The highest BCUT2D eigenvalue weighted by Gasteiger charge is 2.29. The molecule has 0 radical (unpaired) electrons. The summed E-state index contributed by atoms with van der Waals surface area (Å²) in [7, 11) is 0. The third-order valence-electron chi connectivity index (χ3n) is 3.65. The molecule has 0 saturated heterocycles. The molecule has 0 spiro atoms. The van der Waals surface area contributed by atoms with Gasteiger partial charge in [0.2, 0.25) is 0 Å². The van der Waals surface area contributed by atoms with Crippen molar-refractivity contribution in [3.05, 3.63) is 64.2 Å². The van der Waals surface area contributed by atoms with Gasteiger partial charge < -0.3 is 9.84 Å². The zero-order valence-corrected chi connectivity index (χ0v) is 11.4. The topological polar surface area (TPSA) is 29.5 Å². The average molecular weight is 275 g/mol. The Hall–Kier alpha value is -1.51. The van der Waals surface area contributed by atoms with E-state index in [1.54, 1.807) is 13.0 Å². The minimum Gasteiger partial charge on any atom is -0.493 e. The lowest BCUT2D eigenvalue weighted by molar-refractivity contribution is 0.102. The number of halogens is 1. The van der Waals surface area contributed by atoms with Crippen molar-refractivity contribution in [2.45, 2.75) is 18.9 Å². The standard InChI is InChI=1S/C16H15ClO2/c1-16(18,13-4-2-3-5-14(13)17)12-6-7-15-11(10-12)8-9-19-15/h2-7,10,18H,8-9H2,1H3. The highest BCUT2D eigenvalue weighted by molar-refractivity contribution is 6.31. The lowest BCUT2D eigenvalue weighted by atomic mass is 9.87. The van der Waals surface area contributed by atoms with Crippen molar-refractivity contribution >= 4 is 11.6 Å². The first-order valence-corrected chi connectivity index (χ1v) is 6.70. The maximum absolute atomic E-state index is 10.8. The minimum absolute atomic E-state index is 0.573. The molecule has 1 aliphatic heterocycles. The van der Waals surface area contributed by atoms with E-state index in [4.69, 9.17) is 16.3 Å². The first kappa shape index (κ1) is 12.5. The highest BCUT2D eigenvalue weighted by atomic mass is 35.5. The second-order valence-corrected chi connectivity index (χ2v) is 5.38. The van der Waals surface area contributed by atoms with Crippen LogP contribution in [0.4, 0.5) is 0 Å². The van der Waals surface area contributed by atoms with Crippen LogP contribution in [0.3, 0.4) is 0 Å². The van der Waals surface area contributed by atoms with Gasteiger partial charge in [-0.05, 0) is 36.2 Å². The van der Waals surface area contributed by atoms with Crippen LogP contribution in [-0.2, 0) is 12.0 Å². The van der Waals surface area contributed by atoms with E-state index in [0.717, 1.165) is 28.9 Å². The fourth-order valence-electron chi connectivity index (χ4n) is 2.50. The maximum atomic E-state index is 10.8. The molecule has 2 nitrogen and oxygen atoms in total. The number of ether oxygens (including phenoxy) is 1. The van der Waals surface area contributed by atoms with Crippen LogP contribution in [-0.4, -0.2) is 11.7 Å². The molecule has 0 aliphatic carbocycles. The second kappa shape index (κ2) is 4.55. The summed E-state index contributed by atoms with van der Waals surface area (Å²) < 4.78 is 5.49. The van der Waals surface area contributed by atoms with E-state index in [1.807, 2.05) is 36.4 Å². The summed E-state index contributed by atoms with van der Waals surface area (Å²) in [5.41, 5.74) is 1.60. The largest absolute Gasteiger partial charge is 0.493 e. The first-order chi connectivity index (χ1) is 9.09. The van der Waals surface area contributed by atoms with Gasteiger partial charge >= 0.3 is 0 Å². The van der Waals surface area contributed by atoms with Gasteiger partial charge in [-0.25, -0.2) is 0 Å². The first-order valence-electron chi connectivity index (χ1n) is 6.32. The Morgan fingerprint density at radius 1 is 1.21 bits per heavy atom. The molecule has 19 heavy (non-hydrogen) atoms. The minimum atomic E-state index is -1.10. The van der Waals surface area contributed by atoms with E-state index in [9.17, 15) is 5.11 Å². The van der Waals surface area contributed by atoms with Gasteiger partial charge in [-0.15, -0.1) is 0 Å². The summed E-state index contributed by atoms with van der Waals surface area (Å²) in [6.45, 7) is 2.48. The molecule has 0 amide bonds. The molecule has 1 unspecified atom stereocenters. The predicted octanol–water partition coefficient (Wildman–Crippen LogP) is 3.53. The smallest absolute Gasteiger partial charge is 0.122 e. The molecule has 0 bridgehead atoms. The molecule has 0 aromatic heterocycles. The maximum Gasteiger partial charge on any atom is 0.122 e. The Kier molecular flexibility index (Phi) is 3.00. The molecule has 0 saturated carbocycles. The van der Waals surface area contributed by atoms with Crippen LogP contribution in [0.2, 0.25) is 5.02 Å². The average Bonchev–Trinajstić information content (AvgIpc) is 2.86. The summed E-state index contributed by atoms with van der Waals surface area (Å²) in [6.07, 6.45) is 0.891. The number of hydrogen-bond acceptors (Lipinski definition) is 2. The third kappa shape index (κ3) is 2.11. The van der Waals surface area contributed by atoms with Crippen molar-refractivity contribution in [2.24, 2.45) is 0 Å². The fourth-order valence-corrected chi connectivity index (χ4v) is 2.82. The predicted molar refractivity (Wildman–Crippen MR) is 75.8 cm³/mol. The zero-order valence-electron chi connectivity index (χ0n) is 10.7. The summed E-state index contributed by atoms with van der Waals surface area (Å²) in [5, 5.41) is 11.4. The number of benzene rings is 2. The van der Waals surface area contributed by atoms with Crippen LogP contribution in [0.5, 0.6) is 5.75 Å². The molecule has 1 N–H and O–H groups in total. The van der Waals surface area contributed by atoms with E-state index in [1.165, 1.54) is 0 Å². The Morgan fingerprint density at radius 2 is 2.00 bits per heavy atom. The van der Waals surface area contributed by atoms with Gasteiger partial charge in [0, 0.05) is 17.0 Å². The number of rotatable bonds is 2. The van der Waals surface area contributed by atoms with Crippen LogP contribution in [0.15, 0.2) is 42.5 Å². The van der Waals surface area contributed by atoms with Gasteiger partial charge in [0.1, 0.15) is 11.4 Å². The Labute approximate surface area is 117 Å². The lowest BCUT2D eigenvalue weighted by Crippen LogP contribution is -2.23. The zero-order chi connectivity index (χ0) is 13.5. The van der Waals surface area contributed by atoms with Crippen LogP contribution in [0.1, 0.15) is 23.6 Å². The molecular weight excluding hydrogens is 260 g/mol. The molecule has 3 heteroatoms. The van der Waals surface area contributed by atoms with Crippen LogP contribution in [0.25, 0.3) is 0 Å². The molecule has 2 aromatic rings. The van der Waals surface area contributed by atoms with Gasteiger partial charge in [-0.1, -0.05) is 35.9 Å². The molecule has 2 aromatic carbocycles. The Morgan fingerprint density at radius 3 is 2.79 bits per heavy atom. The monoisotopic (exact) mass is 274 g/mol. The van der Waals surface area contributed by atoms with Gasteiger partial charge in [0.15, 0.2) is 0 Å². The molecule has 0 fully saturated rings. The van der Waals surface area contributed by atoms with Gasteiger partial charge in [-0.2, -0.15) is 0 Å². The molecule has 1 heterocycles. The van der Waals surface area contributed by atoms with Gasteiger partial charge in [-0.3, -0.25) is 0 Å². The van der Waals surface area contributed by atoms with E-state index in [0.29, 0.717) is 11.6 Å². The fraction of sp³-hybridized carbons (Fsp3) is 0.250. The van der Waals surface area contributed by atoms with E-state index >= 15 is 0 Å². The van der Waals surface area contributed by atoms with E-state index in [-0.39, 0.29) is 0 Å². The van der Waals surface area contributed by atoms with E-state index < -0.39 is 5.60 Å². The van der Waals surface area contributed by atoms with Crippen molar-refractivity contribution in [1.29, 1.82) is 0 Å². The van der Waals surface area contributed by atoms with Crippen LogP contribution < -0.4 is 4.74 Å². The second-order valence-electron chi connectivity index (χ2n) is 4.97. The van der Waals surface area contributed by atoms with Crippen molar-refractivity contribution in [2.75, 3.05) is 6.61 Å². The summed E-state index contributed by atoms with van der Waals surface area (Å²) >= 11 is 6.19. The molecule has 1 aliphatic rings. The molecule has 3 rings (SSSR count). The van der Waals surface area contributed by atoms with Crippen molar-refractivity contribution < 1.29 is 9.84 Å². The molecule has 1 atom stereocenters. The SMILES string of the molecule is CC(O)(c1ccc2c(c1)CCO2)c1ccccc1Cl. The van der Waals surface area contributed by atoms with E-state index in [2.05, 4.69) is 0 Å². The van der Waals surface area contributed by atoms with Crippen LogP contribution >= 0.6 is 11.6 Å². The lowest BCUT2D eigenvalue weighted by Gasteiger charge is -2.26. The van der Waals surface area contributed by atoms with Crippen molar-refractivity contribution in [1.82, 2.24) is 0 Å². The summed E-state index contributed by atoms with van der Waals surface area (Å²) in [6, 6.07) is 13.2. The number of hydrogen-bond donors (Lipinski definition) is 1. The quantitative estimate of drug-likeness (QED) is 0.908. The number of aliphatic hydroxyl groups is 1. The van der Waals surface area contributed by atoms with Gasteiger partial charge in [0.25, 0.3) is 0 Å². The molecule has 98 valence electrons. The van der Waals surface area contributed by atoms with Crippen molar-refractivity contribution in [3.63, 3.8) is 0 Å². The van der Waals surface area contributed by atoms with Gasteiger partial charge in [0.05, 0.1) is 6.61 Å².